The third-order valence-corrected chi connectivity index (χ3v) is 4.22. The van der Waals surface area contributed by atoms with Crippen LogP contribution in [0.3, 0.4) is 0 Å². The predicted molar refractivity (Wildman–Crippen MR) is 94.6 cm³/mol. The average Bonchev–Trinajstić information content (AvgIpc) is 2.47. The number of carbonyl (C=O) groups excluding carboxylic acids is 4. The maximum atomic E-state index is 12.5. The lowest BCUT2D eigenvalue weighted by Gasteiger charge is -2.37. The van der Waals surface area contributed by atoms with Crippen molar-refractivity contribution in [1.82, 2.24) is 4.90 Å². The molecule has 0 radical (unpaired) electrons. The van der Waals surface area contributed by atoms with Gasteiger partial charge in [0.1, 0.15) is 0 Å². The number of rotatable bonds is 6. The lowest BCUT2D eigenvalue weighted by atomic mass is 9.72. The Labute approximate surface area is 155 Å². The third kappa shape index (κ3) is 6.11. The van der Waals surface area contributed by atoms with Gasteiger partial charge >= 0.3 is 11.9 Å². The molecule has 7 heteroatoms. The van der Waals surface area contributed by atoms with Gasteiger partial charge in [-0.05, 0) is 17.3 Å². The van der Waals surface area contributed by atoms with Crippen LogP contribution < -0.4 is 0 Å². The first-order chi connectivity index (χ1) is 11.8. The Kier molecular flexibility index (Phi) is 6.96. The van der Waals surface area contributed by atoms with Crippen LogP contribution >= 0.6 is 0 Å². The van der Waals surface area contributed by atoms with Crippen LogP contribution in [0.5, 0.6) is 0 Å². The van der Waals surface area contributed by atoms with Gasteiger partial charge in [-0.1, -0.05) is 48.5 Å². The van der Waals surface area contributed by atoms with Gasteiger partial charge in [-0.2, -0.15) is 0 Å². The molecule has 1 aliphatic heterocycles. The first-order valence-electron chi connectivity index (χ1n) is 8.97. The Morgan fingerprint density at radius 3 is 2.15 bits per heavy atom. The van der Waals surface area contributed by atoms with Crippen molar-refractivity contribution in [2.45, 2.75) is 74.0 Å². The number of carbonyl (C=O) groups is 4. The molecule has 1 fully saturated rings. The molecule has 7 nitrogen and oxygen atoms in total. The minimum atomic E-state index is -0.894. The molecular weight excluding hydrogens is 338 g/mol. The maximum absolute atomic E-state index is 12.5. The Morgan fingerprint density at radius 1 is 1.15 bits per heavy atom. The van der Waals surface area contributed by atoms with Gasteiger partial charge in [-0.3, -0.25) is 19.2 Å². The number of hydrogen-bond donors (Lipinski definition) is 0. The Hall–Kier alpha value is -1.92. The molecule has 2 unspecified atom stereocenters. The van der Waals surface area contributed by atoms with Crippen molar-refractivity contribution in [2.24, 2.45) is 16.7 Å². The van der Waals surface area contributed by atoms with Gasteiger partial charge in [0.05, 0.1) is 12.3 Å². The molecule has 2 amide bonds. The summed E-state index contributed by atoms with van der Waals surface area (Å²) in [5.41, 5.74) is -0.396. The fourth-order valence-corrected chi connectivity index (χ4v) is 2.67. The van der Waals surface area contributed by atoms with Crippen LogP contribution in [0.25, 0.3) is 0 Å². The molecule has 2 atom stereocenters. The number of hydrogen-bond acceptors (Lipinski definition) is 6. The van der Waals surface area contributed by atoms with E-state index in [1.54, 1.807) is 6.92 Å². The highest BCUT2D eigenvalue weighted by Gasteiger charge is 2.44. The summed E-state index contributed by atoms with van der Waals surface area (Å²) in [4.78, 5) is 48.6. The fourth-order valence-electron chi connectivity index (χ4n) is 2.67. The van der Waals surface area contributed by atoms with Gasteiger partial charge in [-0.15, -0.1) is 0 Å². The molecule has 0 N–H and O–H groups in total. The average molecular weight is 369 g/mol. The highest BCUT2D eigenvalue weighted by Crippen LogP contribution is 2.36. The maximum Gasteiger partial charge on any atom is 0.309 e. The van der Waals surface area contributed by atoms with E-state index in [0.717, 1.165) is 4.90 Å². The van der Waals surface area contributed by atoms with Crippen LogP contribution in [0.15, 0.2) is 0 Å². The van der Waals surface area contributed by atoms with Gasteiger partial charge in [-0.25, -0.2) is 4.90 Å². The third-order valence-electron chi connectivity index (χ3n) is 4.22. The summed E-state index contributed by atoms with van der Waals surface area (Å²) in [6.45, 7) is 13.0. The summed E-state index contributed by atoms with van der Waals surface area (Å²) in [5, 5.41) is 0. The second kappa shape index (κ2) is 8.18. The normalized spacial score (nSPS) is 18.8. The molecule has 1 saturated heterocycles. The highest BCUT2D eigenvalue weighted by molar-refractivity contribution is 6.01. The molecule has 0 aromatic carbocycles. The summed E-state index contributed by atoms with van der Waals surface area (Å²) >= 11 is 0. The van der Waals surface area contributed by atoms with Gasteiger partial charge in [0.25, 0.3) is 5.91 Å². The summed E-state index contributed by atoms with van der Waals surface area (Å²) in [6.07, 6.45) is -0.153. The number of likely N-dealkylation sites (tertiary alicyclic amines) is 1. The fraction of sp³-hybridized carbons (Fsp3) is 0.789. The van der Waals surface area contributed by atoms with E-state index in [2.05, 4.69) is 0 Å². The molecule has 148 valence electrons. The second-order valence-corrected chi connectivity index (χ2v) is 8.95. The second-order valence-electron chi connectivity index (χ2n) is 8.95. The number of nitrogens with zero attached hydrogens (tertiary/aromatic N) is 1. The zero-order chi connectivity index (χ0) is 20.3. The first-order valence-corrected chi connectivity index (χ1v) is 8.97. The van der Waals surface area contributed by atoms with E-state index in [4.69, 9.17) is 9.47 Å². The van der Waals surface area contributed by atoms with Crippen LogP contribution in [0, 0.1) is 16.7 Å². The van der Waals surface area contributed by atoms with Crippen molar-refractivity contribution in [2.75, 3.05) is 6.61 Å². The molecule has 0 aliphatic carbocycles. The van der Waals surface area contributed by atoms with E-state index in [1.807, 2.05) is 41.5 Å². The number of esters is 2. The molecule has 0 bridgehead atoms. The number of ether oxygens (including phenoxy) is 2. The zero-order valence-electron chi connectivity index (χ0n) is 16.9. The quantitative estimate of drug-likeness (QED) is 0.528. The molecule has 1 heterocycles. The monoisotopic (exact) mass is 369 g/mol. The van der Waals surface area contributed by atoms with E-state index < -0.39 is 36.6 Å². The smallest absolute Gasteiger partial charge is 0.309 e. The summed E-state index contributed by atoms with van der Waals surface area (Å²) in [5.74, 6) is -2.45. The Bertz CT molecular complexity index is 570. The molecule has 26 heavy (non-hydrogen) atoms. The van der Waals surface area contributed by atoms with Crippen molar-refractivity contribution in [3.05, 3.63) is 0 Å². The van der Waals surface area contributed by atoms with Gasteiger partial charge in [0.2, 0.25) is 5.91 Å². The van der Waals surface area contributed by atoms with E-state index >= 15 is 0 Å². The predicted octanol–water partition coefficient (Wildman–Crippen LogP) is 2.67. The lowest BCUT2D eigenvalue weighted by molar-refractivity contribution is -0.190. The summed E-state index contributed by atoms with van der Waals surface area (Å²) in [7, 11) is 0. The van der Waals surface area contributed by atoms with E-state index in [1.165, 1.54) is 0 Å². The standard InChI is InChI=1S/C19H31NO6/c1-8-16(23)26-15-9-13(21)20(15)14(22)11-25-17(24)12(19(5,6)7)10-18(2,3)4/h12,15H,8-11H2,1-7H3. The van der Waals surface area contributed by atoms with Crippen LogP contribution in [-0.2, 0) is 28.7 Å². The van der Waals surface area contributed by atoms with Crippen molar-refractivity contribution in [1.29, 1.82) is 0 Å². The van der Waals surface area contributed by atoms with E-state index in [9.17, 15) is 19.2 Å². The van der Waals surface area contributed by atoms with Crippen LogP contribution in [-0.4, -0.2) is 41.5 Å². The molecule has 0 spiro atoms. The summed E-state index contributed by atoms with van der Waals surface area (Å²) in [6, 6.07) is 0. The molecule has 0 aromatic rings. The number of β-lactam (4-membered cyclic amide) rings is 1. The van der Waals surface area contributed by atoms with Crippen molar-refractivity contribution in [3.8, 4) is 0 Å². The van der Waals surface area contributed by atoms with Crippen LogP contribution in [0.2, 0.25) is 0 Å². The zero-order valence-corrected chi connectivity index (χ0v) is 16.9. The minimum absolute atomic E-state index is 0.0277. The van der Waals surface area contributed by atoms with Crippen molar-refractivity contribution < 1.29 is 28.7 Å². The Balaban J connectivity index is 2.68. The molecule has 1 aliphatic rings. The Morgan fingerprint density at radius 2 is 1.73 bits per heavy atom. The van der Waals surface area contributed by atoms with Crippen LogP contribution in [0.4, 0.5) is 0 Å². The molecule has 0 aromatic heterocycles. The summed E-state index contributed by atoms with van der Waals surface area (Å²) < 4.78 is 10.2. The number of imide groups is 1. The van der Waals surface area contributed by atoms with Crippen molar-refractivity contribution >= 4 is 23.8 Å². The van der Waals surface area contributed by atoms with Crippen LogP contribution in [0.1, 0.15) is 67.7 Å². The molecule has 0 saturated carbocycles. The van der Waals surface area contributed by atoms with Gasteiger partial charge in [0.15, 0.2) is 12.8 Å². The first kappa shape index (κ1) is 22.1. The van der Waals surface area contributed by atoms with Gasteiger partial charge in [0, 0.05) is 6.42 Å². The molecular formula is C19H31NO6. The topological polar surface area (TPSA) is 90.0 Å². The van der Waals surface area contributed by atoms with Crippen molar-refractivity contribution in [3.63, 3.8) is 0 Å². The van der Waals surface area contributed by atoms with Gasteiger partial charge < -0.3 is 9.47 Å². The minimum Gasteiger partial charge on any atom is -0.455 e. The SMILES string of the molecule is CCC(=O)OC1CC(=O)N1C(=O)COC(=O)C(CC(C)(C)C)C(C)(C)C. The van der Waals surface area contributed by atoms with E-state index in [-0.39, 0.29) is 29.6 Å². The number of amides is 2. The largest absolute Gasteiger partial charge is 0.455 e. The van der Waals surface area contributed by atoms with E-state index in [0.29, 0.717) is 6.42 Å². The lowest BCUT2D eigenvalue weighted by Crippen LogP contribution is -2.58. The highest BCUT2D eigenvalue weighted by atomic mass is 16.6. The molecule has 1 rings (SSSR count).